The average molecular weight is 267 g/mol. The van der Waals surface area contributed by atoms with Gasteiger partial charge in [0.1, 0.15) is 11.4 Å². The number of aryl methyl sites for hydroxylation is 1. The van der Waals surface area contributed by atoms with Gasteiger partial charge in [0, 0.05) is 12.6 Å². The van der Waals surface area contributed by atoms with E-state index in [0.29, 0.717) is 0 Å². The normalized spacial score (nSPS) is 10.8. The smallest absolute Gasteiger partial charge is 0.119 e. The van der Waals surface area contributed by atoms with Crippen molar-refractivity contribution in [1.29, 1.82) is 0 Å². The molecule has 2 aromatic carbocycles. The van der Waals surface area contributed by atoms with E-state index in [1.165, 1.54) is 5.39 Å². The first-order chi connectivity index (χ1) is 9.72. The number of hydrogen-bond donors (Lipinski definition) is 2. The number of methoxy groups -OCH3 is 1. The Labute approximate surface area is 117 Å². The Balaban J connectivity index is 2.13. The Kier molecular flexibility index (Phi) is 3.06. The molecular weight excluding hydrogens is 250 g/mol. The summed E-state index contributed by atoms with van der Waals surface area (Å²) >= 11 is 0. The van der Waals surface area contributed by atoms with Crippen LogP contribution in [-0.2, 0) is 0 Å². The SMILES string of the molecule is CNc1c(-c2ccc3cc(OC)ccc3c2)n[nH]c1C. The molecule has 0 saturated carbocycles. The number of nitrogens with one attached hydrogen (secondary N) is 2. The number of aromatic nitrogens is 2. The van der Waals surface area contributed by atoms with Crippen LogP contribution in [0.25, 0.3) is 22.0 Å². The first-order valence-electron chi connectivity index (χ1n) is 6.54. The van der Waals surface area contributed by atoms with Gasteiger partial charge in [0.2, 0.25) is 0 Å². The molecule has 0 aliphatic rings. The van der Waals surface area contributed by atoms with Gasteiger partial charge in [-0.2, -0.15) is 5.10 Å². The number of H-pyrrole nitrogens is 1. The van der Waals surface area contributed by atoms with Crippen molar-refractivity contribution in [1.82, 2.24) is 10.2 Å². The highest BCUT2D eigenvalue weighted by molar-refractivity contribution is 5.90. The van der Waals surface area contributed by atoms with E-state index >= 15 is 0 Å². The van der Waals surface area contributed by atoms with Gasteiger partial charge >= 0.3 is 0 Å². The van der Waals surface area contributed by atoms with Crippen molar-refractivity contribution in [2.24, 2.45) is 0 Å². The minimum Gasteiger partial charge on any atom is -0.497 e. The molecule has 0 unspecified atom stereocenters. The van der Waals surface area contributed by atoms with Crippen molar-refractivity contribution in [2.75, 3.05) is 19.5 Å². The van der Waals surface area contributed by atoms with Crippen LogP contribution in [0.5, 0.6) is 5.75 Å². The van der Waals surface area contributed by atoms with Crippen molar-refractivity contribution in [3.05, 3.63) is 42.1 Å². The molecule has 0 saturated heterocycles. The lowest BCUT2D eigenvalue weighted by molar-refractivity contribution is 0.415. The molecule has 0 bridgehead atoms. The maximum Gasteiger partial charge on any atom is 0.119 e. The van der Waals surface area contributed by atoms with Gasteiger partial charge in [-0.05, 0) is 35.9 Å². The highest BCUT2D eigenvalue weighted by atomic mass is 16.5. The molecule has 2 N–H and O–H groups in total. The number of rotatable bonds is 3. The minimum atomic E-state index is 0.872. The summed E-state index contributed by atoms with van der Waals surface area (Å²) < 4.78 is 5.25. The van der Waals surface area contributed by atoms with Crippen LogP contribution in [0.2, 0.25) is 0 Å². The summed E-state index contributed by atoms with van der Waals surface area (Å²) in [4.78, 5) is 0. The summed E-state index contributed by atoms with van der Waals surface area (Å²) in [5, 5.41) is 12.9. The summed E-state index contributed by atoms with van der Waals surface area (Å²) in [6.07, 6.45) is 0. The summed E-state index contributed by atoms with van der Waals surface area (Å²) in [6.45, 7) is 2.01. The lowest BCUT2D eigenvalue weighted by Gasteiger charge is -2.06. The number of aromatic amines is 1. The molecule has 0 spiro atoms. The molecular formula is C16H17N3O. The minimum absolute atomic E-state index is 0.872. The molecule has 3 rings (SSSR count). The van der Waals surface area contributed by atoms with Crippen molar-refractivity contribution in [3.8, 4) is 17.0 Å². The third-order valence-corrected chi connectivity index (χ3v) is 3.52. The second-order valence-corrected chi connectivity index (χ2v) is 4.75. The first kappa shape index (κ1) is 12.5. The number of benzene rings is 2. The van der Waals surface area contributed by atoms with Crippen molar-refractivity contribution in [3.63, 3.8) is 0 Å². The van der Waals surface area contributed by atoms with E-state index in [9.17, 15) is 0 Å². The Morgan fingerprint density at radius 3 is 2.60 bits per heavy atom. The summed E-state index contributed by atoms with van der Waals surface area (Å²) in [6, 6.07) is 12.4. The average Bonchev–Trinajstić information content (AvgIpc) is 2.87. The molecule has 0 radical (unpaired) electrons. The molecule has 1 heterocycles. The summed E-state index contributed by atoms with van der Waals surface area (Å²) in [7, 11) is 3.59. The van der Waals surface area contributed by atoms with Crippen LogP contribution in [0.3, 0.4) is 0 Å². The van der Waals surface area contributed by atoms with Crippen LogP contribution < -0.4 is 10.1 Å². The van der Waals surface area contributed by atoms with Gasteiger partial charge in [0.25, 0.3) is 0 Å². The zero-order valence-corrected chi connectivity index (χ0v) is 11.8. The predicted octanol–water partition coefficient (Wildman–Crippen LogP) is 3.59. The van der Waals surface area contributed by atoms with Crippen LogP contribution in [0.4, 0.5) is 5.69 Å². The van der Waals surface area contributed by atoms with E-state index in [0.717, 1.165) is 33.8 Å². The Morgan fingerprint density at radius 1 is 1.10 bits per heavy atom. The van der Waals surface area contributed by atoms with Gasteiger partial charge in [-0.3, -0.25) is 5.10 Å². The number of hydrogen-bond acceptors (Lipinski definition) is 3. The lowest BCUT2D eigenvalue weighted by Crippen LogP contribution is -1.91. The van der Waals surface area contributed by atoms with Crippen molar-refractivity contribution in [2.45, 2.75) is 6.92 Å². The maximum absolute atomic E-state index is 5.25. The molecule has 0 aliphatic heterocycles. The highest BCUT2D eigenvalue weighted by Gasteiger charge is 2.11. The molecule has 4 nitrogen and oxygen atoms in total. The lowest BCUT2D eigenvalue weighted by atomic mass is 10.0. The zero-order chi connectivity index (χ0) is 14.1. The fourth-order valence-electron chi connectivity index (χ4n) is 2.44. The van der Waals surface area contributed by atoms with Gasteiger partial charge in [-0.1, -0.05) is 18.2 Å². The largest absolute Gasteiger partial charge is 0.497 e. The Hall–Kier alpha value is -2.49. The van der Waals surface area contributed by atoms with E-state index < -0.39 is 0 Å². The van der Waals surface area contributed by atoms with Gasteiger partial charge in [-0.15, -0.1) is 0 Å². The van der Waals surface area contributed by atoms with Crippen LogP contribution in [0.1, 0.15) is 5.69 Å². The van der Waals surface area contributed by atoms with Crippen molar-refractivity contribution < 1.29 is 4.74 Å². The molecule has 102 valence electrons. The molecule has 0 aliphatic carbocycles. The summed E-state index contributed by atoms with van der Waals surface area (Å²) in [5.74, 6) is 0.872. The fraction of sp³-hybridized carbons (Fsp3) is 0.188. The van der Waals surface area contributed by atoms with Gasteiger partial charge in [0.15, 0.2) is 0 Å². The van der Waals surface area contributed by atoms with Gasteiger partial charge < -0.3 is 10.1 Å². The monoisotopic (exact) mass is 267 g/mol. The summed E-state index contributed by atoms with van der Waals surface area (Å²) in [5.41, 5.74) is 4.12. The van der Waals surface area contributed by atoms with Crippen LogP contribution >= 0.6 is 0 Å². The number of nitrogens with zero attached hydrogens (tertiary/aromatic N) is 1. The Bertz CT molecular complexity index is 762. The van der Waals surface area contributed by atoms with Crippen LogP contribution in [0.15, 0.2) is 36.4 Å². The Morgan fingerprint density at radius 2 is 1.85 bits per heavy atom. The molecule has 3 aromatic rings. The number of ether oxygens (including phenoxy) is 1. The van der Waals surface area contributed by atoms with Crippen LogP contribution in [0, 0.1) is 6.92 Å². The fourth-order valence-corrected chi connectivity index (χ4v) is 2.44. The second kappa shape index (κ2) is 4.89. The quantitative estimate of drug-likeness (QED) is 0.762. The predicted molar refractivity (Wildman–Crippen MR) is 82.4 cm³/mol. The standard InChI is InChI=1S/C16H17N3O/c1-10-15(17-2)16(19-18-10)13-5-4-12-9-14(20-3)7-6-11(12)8-13/h4-9,17H,1-3H3,(H,18,19). The van der Waals surface area contributed by atoms with E-state index in [-0.39, 0.29) is 0 Å². The van der Waals surface area contributed by atoms with E-state index in [1.54, 1.807) is 7.11 Å². The third kappa shape index (κ3) is 1.99. The van der Waals surface area contributed by atoms with E-state index in [4.69, 9.17) is 4.74 Å². The first-order valence-corrected chi connectivity index (χ1v) is 6.54. The molecule has 20 heavy (non-hydrogen) atoms. The molecule has 0 atom stereocenters. The van der Waals surface area contributed by atoms with E-state index in [1.807, 2.05) is 26.1 Å². The molecule has 4 heteroatoms. The number of fused-ring (bicyclic) bond motifs is 1. The third-order valence-electron chi connectivity index (χ3n) is 3.52. The topological polar surface area (TPSA) is 49.9 Å². The molecule has 1 aromatic heterocycles. The number of anilines is 1. The van der Waals surface area contributed by atoms with Gasteiger partial charge in [0.05, 0.1) is 18.5 Å². The highest BCUT2D eigenvalue weighted by Crippen LogP contribution is 2.31. The zero-order valence-electron chi connectivity index (χ0n) is 11.8. The second-order valence-electron chi connectivity index (χ2n) is 4.75. The van der Waals surface area contributed by atoms with Crippen molar-refractivity contribution >= 4 is 16.5 Å². The molecule has 0 fully saturated rings. The maximum atomic E-state index is 5.25. The van der Waals surface area contributed by atoms with Gasteiger partial charge in [-0.25, -0.2) is 0 Å². The molecule has 0 amide bonds. The van der Waals surface area contributed by atoms with Crippen LogP contribution in [-0.4, -0.2) is 24.4 Å². The van der Waals surface area contributed by atoms with E-state index in [2.05, 4.69) is 39.8 Å².